The van der Waals surface area contributed by atoms with Crippen molar-refractivity contribution in [2.24, 2.45) is 5.92 Å². The third-order valence-electron chi connectivity index (χ3n) is 8.08. The van der Waals surface area contributed by atoms with E-state index in [0.29, 0.717) is 46.2 Å². The maximum atomic E-state index is 15.7. The molecular formula is C40H49FN4O4. The van der Waals surface area contributed by atoms with Crippen LogP contribution in [-0.2, 0) is 13.0 Å². The molecule has 0 aliphatic rings. The lowest BCUT2D eigenvalue weighted by Gasteiger charge is -2.21. The first-order valence-corrected chi connectivity index (χ1v) is 16.9. The van der Waals surface area contributed by atoms with Crippen molar-refractivity contribution in [1.29, 1.82) is 0 Å². The number of hydrogen-bond donors (Lipinski definition) is 0. The van der Waals surface area contributed by atoms with Crippen LogP contribution in [0.4, 0.5) is 4.39 Å². The monoisotopic (exact) mass is 668 g/mol. The van der Waals surface area contributed by atoms with Crippen LogP contribution in [0, 0.1) is 11.7 Å². The highest BCUT2D eigenvalue weighted by Crippen LogP contribution is 2.32. The van der Waals surface area contributed by atoms with Crippen LogP contribution in [0.2, 0.25) is 0 Å². The lowest BCUT2D eigenvalue weighted by Crippen LogP contribution is -2.27. The first-order chi connectivity index (χ1) is 23.8. The molecule has 0 amide bonds. The summed E-state index contributed by atoms with van der Waals surface area (Å²) in [5, 5.41) is 3.98. The molecule has 0 fully saturated rings. The molecule has 49 heavy (non-hydrogen) atoms. The van der Waals surface area contributed by atoms with Crippen molar-refractivity contribution >= 4 is 0 Å². The highest BCUT2D eigenvalue weighted by atomic mass is 19.1. The lowest BCUT2D eigenvalue weighted by molar-refractivity contribution is 0.154. The molecule has 9 heteroatoms. The van der Waals surface area contributed by atoms with Gasteiger partial charge in [-0.25, -0.2) is 9.37 Å². The first-order valence-electron chi connectivity index (χ1n) is 16.9. The van der Waals surface area contributed by atoms with Crippen LogP contribution in [0.15, 0.2) is 95.4 Å². The Labute approximate surface area is 289 Å². The standard InChI is InChI=1S/C36H39FN4O4.C2H6.C2H4/c1-6-10-23(3)24(4)44-28-18-16-25(17-19-28)31-21-38-33(11-7-2)41(35(31)42)22-27-15-14-26(20-32(27)37)29-12-8-9-13-30(29)34-39-36(43-5)45-40-34;2*1-2/h8-9,12-21,23-24H,6-7,10-11,22H2,1-5H3;1-2H3;1-2H2. The molecule has 0 saturated carbocycles. The molecule has 2 aromatic heterocycles. The number of halogens is 1. The van der Waals surface area contributed by atoms with Crippen LogP contribution < -0.4 is 15.0 Å². The summed E-state index contributed by atoms with van der Waals surface area (Å²) in [5.74, 6) is 1.72. The molecule has 5 rings (SSSR count). The van der Waals surface area contributed by atoms with E-state index in [1.165, 1.54) is 13.2 Å². The second-order valence-corrected chi connectivity index (χ2v) is 11.3. The molecule has 0 aliphatic carbocycles. The second kappa shape index (κ2) is 19.1. The van der Waals surface area contributed by atoms with Crippen molar-refractivity contribution in [3.8, 4) is 45.5 Å². The number of methoxy groups -OCH3 is 1. The maximum absolute atomic E-state index is 15.7. The van der Waals surface area contributed by atoms with Crippen LogP contribution in [0.5, 0.6) is 11.8 Å². The summed E-state index contributed by atoms with van der Waals surface area (Å²) >= 11 is 0. The van der Waals surface area contributed by atoms with E-state index in [2.05, 4.69) is 49.1 Å². The van der Waals surface area contributed by atoms with Crippen molar-refractivity contribution in [2.45, 2.75) is 79.9 Å². The SMILES string of the molecule is C=C.CC.CCCc1ncc(-c2ccc(OC(C)C(C)CCC)cc2)c(=O)n1Cc1ccc(-c2ccccc2-c2noc(OC)n2)cc1F. The summed E-state index contributed by atoms with van der Waals surface area (Å²) in [6.07, 6.45) is 5.35. The Bertz CT molecular complexity index is 1820. The van der Waals surface area contributed by atoms with E-state index in [-0.39, 0.29) is 24.3 Å². The zero-order valence-electron chi connectivity index (χ0n) is 29.8. The van der Waals surface area contributed by atoms with Crippen molar-refractivity contribution in [1.82, 2.24) is 19.7 Å². The van der Waals surface area contributed by atoms with Gasteiger partial charge in [0.15, 0.2) is 0 Å². The third kappa shape index (κ3) is 9.53. The van der Waals surface area contributed by atoms with E-state index in [0.717, 1.165) is 36.1 Å². The van der Waals surface area contributed by atoms with Gasteiger partial charge in [0, 0.05) is 23.7 Å². The second-order valence-electron chi connectivity index (χ2n) is 11.3. The molecule has 3 aromatic carbocycles. The summed E-state index contributed by atoms with van der Waals surface area (Å²) in [7, 11) is 1.45. The van der Waals surface area contributed by atoms with Crippen LogP contribution in [0.1, 0.15) is 72.2 Å². The van der Waals surface area contributed by atoms with Gasteiger partial charge in [-0.15, -0.1) is 13.2 Å². The Morgan fingerprint density at radius 2 is 1.59 bits per heavy atom. The van der Waals surface area contributed by atoms with E-state index in [9.17, 15) is 4.79 Å². The highest BCUT2D eigenvalue weighted by Gasteiger charge is 2.18. The molecule has 260 valence electrons. The number of ether oxygens (including phenoxy) is 2. The quantitative estimate of drug-likeness (QED) is 0.115. The van der Waals surface area contributed by atoms with Gasteiger partial charge in [-0.2, -0.15) is 4.98 Å². The minimum atomic E-state index is -0.430. The number of aryl methyl sites for hydroxylation is 1. The average molecular weight is 669 g/mol. The third-order valence-corrected chi connectivity index (χ3v) is 8.08. The van der Waals surface area contributed by atoms with Gasteiger partial charge in [0.1, 0.15) is 17.4 Å². The Morgan fingerprint density at radius 1 is 0.918 bits per heavy atom. The predicted octanol–water partition coefficient (Wildman–Crippen LogP) is 9.81. The number of rotatable bonds is 13. The average Bonchev–Trinajstić information content (AvgIpc) is 3.62. The van der Waals surface area contributed by atoms with Crippen LogP contribution in [0.3, 0.4) is 0 Å². The molecule has 0 bridgehead atoms. The van der Waals surface area contributed by atoms with Crippen LogP contribution in [0.25, 0.3) is 33.6 Å². The van der Waals surface area contributed by atoms with E-state index < -0.39 is 5.82 Å². The summed E-state index contributed by atoms with van der Waals surface area (Å²) in [6, 6.07) is 19.9. The largest absolute Gasteiger partial charge is 0.490 e. The molecule has 0 N–H and O–H groups in total. The molecule has 0 radical (unpaired) electrons. The number of nitrogens with zero attached hydrogens (tertiary/aromatic N) is 4. The fourth-order valence-corrected chi connectivity index (χ4v) is 5.39. The summed E-state index contributed by atoms with van der Waals surface area (Å²) < 4.78 is 33.5. The molecular weight excluding hydrogens is 619 g/mol. The summed E-state index contributed by atoms with van der Waals surface area (Å²) in [5.41, 5.74) is 3.41. The van der Waals surface area contributed by atoms with Gasteiger partial charge in [0.05, 0.1) is 25.3 Å². The first kappa shape index (κ1) is 38.4. The smallest absolute Gasteiger partial charge is 0.417 e. The van der Waals surface area contributed by atoms with Crippen molar-refractivity contribution < 1.29 is 18.4 Å². The minimum absolute atomic E-state index is 0.0430. The Hall–Kier alpha value is -5.05. The van der Waals surface area contributed by atoms with Gasteiger partial charge in [-0.1, -0.05) is 94.7 Å². The number of aromatic nitrogens is 4. The van der Waals surface area contributed by atoms with Gasteiger partial charge >= 0.3 is 6.08 Å². The zero-order valence-corrected chi connectivity index (χ0v) is 29.8. The Kier molecular flexibility index (Phi) is 14.9. The van der Waals surface area contributed by atoms with Crippen molar-refractivity contribution in [2.75, 3.05) is 7.11 Å². The van der Waals surface area contributed by atoms with Gasteiger partial charge in [0.2, 0.25) is 5.82 Å². The van der Waals surface area contributed by atoms with E-state index in [4.69, 9.17) is 14.0 Å². The topological polar surface area (TPSA) is 92.3 Å². The minimum Gasteiger partial charge on any atom is -0.490 e. The Balaban J connectivity index is 0.00000157. The predicted molar refractivity (Wildman–Crippen MR) is 195 cm³/mol. The molecule has 0 aliphatic heterocycles. The molecule has 0 saturated heterocycles. The molecule has 0 spiro atoms. The van der Waals surface area contributed by atoms with E-state index >= 15 is 4.39 Å². The summed E-state index contributed by atoms with van der Waals surface area (Å²) in [4.78, 5) is 22.7. The van der Waals surface area contributed by atoms with Crippen LogP contribution in [-0.4, -0.2) is 32.9 Å². The fraction of sp³-hybridized carbons (Fsp3) is 0.350. The fourth-order valence-electron chi connectivity index (χ4n) is 5.39. The lowest BCUT2D eigenvalue weighted by atomic mass is 9.98. The van der Waals surface area contributed by atoms with Gasteiger partial charge in [-0.05, 0) is 60.6 Å². The molecule has 2 atom stereocenters. The zero-order chi connectivity index (χ0) is 35.9. The molecule has 2 heterocycles. The number of hydrogen-bond acceptors (Lipinski definition) is 7. The normalized spacial score (nSPS) is 11.8. The van der Waals surface area contributed by atoms with E-state index in [1.807, 2.05) is 75.4 Å². The molecule has 5 aromatic rings. The number of benzene rings is 3. The Morgan fingerprint density at radius 3 is 2.20 bits per heavy atom. The van der Waals surface area contributed by atoms with Crippen molar-refractivity contribution in [3.05, 3.63) is 114 Å². The summed E-state index contributed by atoms with van der Waals surface area (Å²) in [6.45, 7) is 18.5. The van der Waals surface area contributed by atoms with Gasteiger partial charge in [0.25, 0.3) is 5.56 Å². The van der Waals surface area contributed by atoms with Gasteiger partial charge in [-0.3, -0.25) is 13.9 Å². The molecule has 2 unspecified atom stereocenters. The van der Waals surface area contributed by atoms with Gasteiger partial charge < -0.3 is 9.47 Å². The van der Waals surface area contributed by atoms with E-state index in [1.54, 1.807) is 16.8 Å². The van der Waals surface area contributed by atoms with Crippen LogP contribution >= 0.6 is 0 Å². The highest BCUT2D eigenvalue weighted by molar-refractivity contribution is 5.80. The molecule has 8 nitrogen and oxygen atoms in total. The van der Waals surface area contributed by atoms with Crippen molar-refractivity contribution in [3.63, 3.8) is 0 Å². The maximum Gasteiger partial charge on any atom is 0.417 e.